The van der Waals surface area contributed by atoms with Crippen molar-refractivity contribution in [2.24, 2.45) is 5.41 Å². The summed E-state index contributed by atoms with van der Waals surface area (Å²) in [5, 5.41) is 0. The van der Waals surface area contributed by atoms with Gasteiger partial charge >= 0.3 is 0 Å². The molecule has 1 atom stereocenters. The molecule has 0 amide bonds. The number of hydrogen-bond acceptors (Lipinski definition) is 2. The molecule has 0 saturated carbocycles. The molecule has 170 valence electrons. The molecule has 0 rings (SSSR count). The Hall–Kier alpha value is -0.0800. The molecule has 0 spiro atoms. The Morgan fingerprint density at radius 1 is 0.464 bits per heavy atom. The van der Waals surface area contributed by atoms with Crippen LogP contribution in [0.4, 0.5) is 0 Å². The van der Waals surface area contributed by atoms with Crippen molar-refractivity contribution < 1.29 is 9.47 Å². The molecule has 0 fully saturated rings. The van der Waals surface area contributed by atoms with Gasteiger partial charge in [0.05, 0.1) is 0 Å². The molecule has 0 aromatic carbocycles. The minimum Gasteiger partial charge on any atom is -0.353 e. The largest absolute Gasteiger partial charge is 0.353 e. The van der Waals surface area contributed by atoms with Gasteiger partial charge in [0, 0.05) is 19.6 Å². The lowest BCUT2D eigenvalue weighted by Crippen LogP contribution is -2.49. The molecule has 0 radical (unpaired) electrons. The van der Waals surface area contributed by atoms with Gasteiger partial charge in [0.15, 0.2) is 5.79 Å². The van der Waals surface area contributed by atoms with E-state index in [0.717, 1.165) is 0 Å². The summed E-state index contributed by atoms with van der Waals surface area (Å²) in [6, 6.07) is 0. The van der Waals surface area contributed by atoms with Crippen LogP contribution in [0.15, 0.2) is 0 Å². The van der Waals surface area contributed by atoms with E-state index in [0.29, 0.717) is 0 Å². The summed E-state index contributed by atoms with van der Waals surface area (Å²) in [6.07, 6.45) is 24.1. The number of ether oxygens (including phenoxy) is 2. The zero-order chi connectivity index (χ0) is 21.1. The van der Waals surface area contributed by atoms with E-state index in [4.69, 9.17) is 9.47 Å². The first kappa shape index (κ1) is 27.9. The van der Waals surface area contributed by atoms with E-state index >= 15 is 0 Å². The molecule has 0 aliphatic carbocycles. The van der Waals surface area contributed by atoms with Gasteiger partial charge in [-0.25, -0.2) is 0 Å². The fraction of sp³-hybridized carbons (Fsp3) is 1.00. The van der Waals surface area contributed by atoms with Gasteiger partial charge in [0.2, 0.25) is 0 Å². The fourth-order valence-electron chi connectivity index (χ4n) is 4.89. The van der Waals surface area contributed by atoms with E-state index in [1.54, 1.807) is 0 Å². The molecule has 0 aromatic rings. The van der Waals surface area contributed by atoms with E-state index in [1.807, 2.05) is 14.2 Å². The average Bonchev–Trinajstić information content (AvgIpc) is 2.71. The molecule has 0 heterocycles. The number of unbranched alkanes of at least 4 members (excludes halogenated alkanes) is 12. The fourth-order valence-corrected chi connectivity index (χ4v) is 4.89. The zero-order valence-electron chi connectivity index (χ0n) is 20.5. The lowest BCUT2D eigenvalue weighted by molar-refractivity contribution is -0.272. The summed E-state index contributed by atoms with van der Waals surface area (Å²) < 4.78 is 12.0. The van der Waals surface area contributed by atoms with Crippen molar-refractivity contribution in [3.8, 4) is 0 Å². The van der Waals surface area contributed by atoms with Crippen LogP contribution < -0.4 is 0 Å². The van der Waals surface area contributed by atoms with Crippen molar-refractivity contribution in [3.63, 3.8) is 0 Å². The molecular weight excluding hydrogens is 344 g/mol. The normalized spacial score (nSPS) is 14.4. The van der Waals surface area contributed by atoms with E-state index in [9.17, 15) is 0 Å². The van der Waals surface area contributed by atoms with Crippen LogP contribution in [0, 0.1) is 5.41 Å². The van der Waals surface area contributed by atoms with E-state index in [2.05, 4.69) is 27.7 Å². The second-order valence-corrected chi connectivity index (χ2v) is 9.13. The summed E-state index contributed by atoms with van der Waals surface area (Å²) in [7, 11) is 3.67. The van der Waals surface area contributed by atoms with Crippen LogP contribution in [-0.4, -0.2) is 20.0 Å². The zero-order valence-corrected chi connectivity index (χ0v) is 20.5. The van der Waals surface area contributed by atoms with Gasteiger partial charge in [-0.1, -0.05) is 117 Å². The lowest BCUT2D eigenvalue weighted by atomic mass is 9.68. The van der Waals surface area contributed by atoms with Gasteiger partial charge in [0.1, 0.15) is 0 Å². The van der Waals surface area contributed by atoms with Crippen molar-refractivity contribution in [2.75, 3.05) is 14.2 Å². The predicted molar refractivity (Wildman–Crippen MR) is 125 cm³/mol. The Balaban J connectivity index is 4.67. The van der Waals surface area contributed by atoms with E-state index < -0.39 is 5.79 Å². The van der Waals surface area contributed by atoms with Gasteiger partial charge in [-0.05, 0) is 26.2 Å². The van der Waals surface area contributed by atoms with E-state index in [1.165, 1.54) is 116 Å². The molecule has 2 heteroatoms. The minimum atomic E-state index is -0.465. The molecule has 0 N–H and O–H groups in total. The van der Waals surface area contributed by atoms with Crippen LogP contribution in [0.1, 0.15) is 143 Å². The van der Waals surface area contributed by atoms with Gasteiger partial charge in [-0.3, -0.25) is 0 Å². The number of rotatable bonds is 21. The number of methoxy groups -OCH3 is 2. The molecular formula is C26H54O2. The Labute approximate surface area is 178 Å². The third-order valence-corrected chi connectivity index (χ3v) is 6.99. The van der Waals surface area contributed by atoms with E-state index in [-0.39, 0.29) is 5.41 Å². The van der Waals surface area contributed by atoms with Crippen LogP contribution in [0.3, 0.4) is 0 Å². The molecule has 2 nitrogen and oxygen atoms in total. The molecule has 28 heavy (non-hydrogen) atoms. The highest BCUT2D eigenvalue weighted by molar-refractivity contribution is 4.91. The monoisotopic (exact) mass is 398 g/mol. The van der Waals surface area contributed by atoms with Crippen LogP contribution in [0.25, 0.3) is 0 Å². The summed E-state index contributed by atoms with van der Waals surface area (Å²) in [6.45, 7) is 9.08. The second kappa shape index (κ2) is 17.8. The Morgan fingerprint density at radius 2 is 0.821 bits per heavy atom. The van der Waals surface area contributed by atoms with Crippen molar-refractivity contribution in [3.05, 3.63) is 0 Å². The summed E-state index contributed by atoms with van der Waals surface area (Å²) in [4.78, 5) is 0. The maximum atomic E-state index is 6.00. The first-order valence-electron chi connectivity index (χ1n) is 12.7. The standard InChI is InChI=1S/C26H54O2/c1-7-10-12-14-16-17-19-21-24-26(22-9-3,25(4,27-5)28-6)23-20-18-15-13-11-8-2/h7-24H2,1-6H3. The van der Waals surface area contributed by atoms with Crippen LogP contribution >= 0.6 is 0 Å². The predicted octanol–water partition coefficient (Wildman–Crippen LogP) is 9.06. The topological polar surface area (TPSA) is 18.5 Å². The van der Waals surface area contributed by atoms with Gasteiger partial charge in [-0.2, -0.15) is 0 Å². The molecule has 0 aliphatic heterocycles. The SMILES string of the molecule is CCCCCCCCCCC(CCC)(CCCCCCCC)C(C)(OC)OC. The first-order valence-corrected chi connectivity index (χ1v) is 12.7. The molecule has 0 aromatic heterocycles. The summed E-state index contributed by atoms with van der Waals surface area (Å²) >= 11 is 0. The summed E-state index contributed by atoms with van der Waals surface area (Å²) in [5.74, 6) is -0.465. The molecule has 0 aliphatic rings. The lowest BCUT2D eigenvalue weighted by Gasteiger charge is -2.47. The van der Waals surface area contributed by atoms with Gasteiger partial charge in [-0.15, -0.1) is 0 Å². The van der Waals surface area contributed by atoms with Crippen LogP contribution in [-0.2, 0) is 9.47 Å². The smallest absolute Gasteiger partial charge is 0.170 e. The third kappa shape index (κ3) is 10.6. The van der Waals surface area contributed by atoms with Crippen molar-refractivity contribution >= 4 is 0 Å². The van der Waals surface area contributed by atoms with Crippen molar-refractivity contribution in [1.82, 2.24) is 0 Å². The van der Waals surface area contributed by atoms with Gasteiger partial charge in [0.25, 0.3) is 0 Å². The first-order chi connectivity index (χ1) is 13.6. The second-order valence-electron chi connectivity index (χ2n) is 9.13. The number of hydrogen-bond donors (Lipinski definition) is 0. The van der Waals surface area contributed by atoms with Crippen LogP contribution in [0.2, 0.25) is 0 Å². The molecule has 1 unspecified atom stereocenters. The summed E-state index contributed by atoms with van der Waals surface area (Å²) in [5.41, 5.74) is 0.151. The Bertz CT molecular complexity index is 324. The minimum absolute atomic E-state index is 0.151. The third-order valence-electron chi connectivity index (χ3n) is 6.99. The highest BCUT2D eigenvalue weighted by atomic mass is 16.7. The van der Waals surface area contributed by atoms with Gasteiger partial charge < -0.3 is 9.47 Å². The maximum absolute atomic E-state index is 6.00. The molecule has 0 saturated heterocycles. The van der Waals surface area contributed by atoms with Crippen LogP contribution in [0.5, 0.6) is 0 Å². The molecule has 0 bridgehead atoms. The van der Waals surface area contributed by atoms with Crippen molar-refractivity contribution in [1.29, 1.82) is 0 Å². The maximum Gasteiger partial charge on any atom is 0.170 e. The van der Waals surface area contributed by atoms with Crippen molar-refractivity contribution in [2.45, 2.75) is 149 Å². The quantitative estimate of drug-likeness (QED) is 0.142. The highest BCUT2D eigenvalue weighted by Crippen LogP contribution is 2.47. The highest BCUT2D eigenvalue weighted by Gasteiger charge is 2.47. The Morgan fingerprint density at radius 3 is 1.14 bits per heavy atom. The Kier molecular flexibility index (Phi) is 17.7. The average molecular weight is 399 g/mol.